The molecule has 2 aromatic carbocycles. The Kier molecular flexibility index (Phi) is 11.3. The quantitative estimate of drug-likeness (QED) is 0.580. The molecule has 2 aromatic rings. The van der Waals surface area contributed by atoms with Gasteiger partial charge in [0.15, 0.2) is 11.5 Å². The van der Waals surface area contributed by atoms with Gasteiger partial charge in [0, 0.05) is 0 Å². The molecule has 0 saturated carbocycles. The molecular formula is C21H31BrN2O5. The molecule has 0 aromatic heterocycles. The smallest absolute Gasteiger partial charge is 0.203 e. The largest absolute Gasteiger partial charge is 0.496 e. The molecule has 0 aliphatic heterocycles. The Morgan fingerprint density at radius 1 is 0.655 bits per heavy atom. The third kappa shape index (κ3) is 6.99. The Morgan fingerprint density at radius 3 is 1.59 bits per heavy atom. The molecule has 0 aliphatic rings. The van der Waals surface area contributed by atoms with E-state index in [1.807, 2.05) is 24.3 Å². The minimum Gasteiger partial charge on any atom is -0.496 e. The Hall–Kier alpha value is -2.16. The van der Waals surface area contributed by atoms with E-state index in [-0.39, 0.29) is 0 Å². The number of methoxy groups -OCH3 is 5. The van der Waals surface area contributed by atoms with Crippen molar-refractivity contribution in [3.63, 3.8) is 0 Å². The van der Waals surface area contributed by atoms with Gasteiger partial charge in [0.2, 0.25) is 5.75 Å². The number of rotatable bonds is 9. The van der Waals surface area contributed by atoms with Gasteiger partial charge in [-0.3, -0.25) is 0 Å². The molecule has 0 amide bonds. The zero-order valence-electron chi connectivity index (χ0n) is 17.7. The molecule has 0 spiro atoms. The van der Waals surface area contributed by atoms with Crippen LogP contribution in [-0.4, -0.2) is 48.6 Å². The molecule has 0 radical (unpaired) electrons. The molecule has 4 N–H and O–H groups in total. The fourth-order valence-electron chi connectivity index (χ4n) is 2.72. The molecule has 0 aliphatic carbocycles. The van der Waals surface area contributed by atoms with Crippen LogP contribution in [0, 0.1) is 0 Å². The minimum atomic E-state index is 0.596. The molecular weight excluding hydrogens is 440 g/mol. The van der Waals surface area contributed by atoms with E-state index in [1.54, 1.807) is 35.5 Å². The van der Waals surface area contributed by atoms with E-state index < -0.39 is 0 Å². The fraction of sp³-hybridized carbons (Fsp3) is 0.429. The van der Waals surface area contributed by atoms with Crippen LogP contribution in [0.25, 0.3) is 0 Å². The van der Waals surface area contributed by atoms with Gasteiger partial charge in [-0.1, -0.05) is 0 Å². The highest BCUT2D eigenvalue weighted by Crippen LogP contribution is 2.38. The van der Waals surface area contributed by atoms with Gasteiger partial charge >= 0.3 is 0 Å². The number of benzene rings is 2. The standard InChI is InChI=1S/C11H17NO3.C10H14BrNO2/c1-13-9-6-8(4-5-12)7-10(14-2)11(9)15-3;1-13-9-6-8(11)10(14-2)5-7(9)3-4-12/h6-7H,4-5,12H2,1-3H3;5-6H,3-4,12H2,1-2H3. The molecule has 2 rings (SSSR count). The van der Waals surface area contributed by atoms with Crippen LogP contribution in [-0.2, 0) is 12.8 Å². The molecule has 0 fully saturated rings. The van der Waals surface area contributed by atoms with E-state index in [9.17, 15) is 0 Å². The summed E-state index contributed by atoms with van der Waals surface area (Å²) >= 11 is 3.40. The van der Waals surface area contributed by atoms with E-state index in [1.165, 1.54) is 0 Å². The predicted octanol–water partition coefficient (Wildman–Crippen LogP) is 3.18. The highest BCUT2D eigenvalue weighted by atomic mass is 79.9. The van der Waals surface area contributed by atoms with Gasteiger partial charge in [-0.2, -0.15) is 0 Å². The molecule has 7 nitrogen and oxygen atoms in total. The number of ether oxygens (including phenoxy) is 5. The maximum atomic E-state index is 5.51. The van der Waals surface area contributed by atoms with Gasteiger partial charge in [-0.15, -0.1) is 0 Å². The maximum Gasteiger partial charge on any atom is 0.203 e. The lowest BCUT2D eigenvalue weighted by molar-refractivity contribution is 0.324. The van der Waals surface area contributed by atoms with Crippen LogP contribution in [0.2, 0.25) is 0 Å². The lowest BCUT2D eigenvalue weighted by Crippen LogP contribution is -2.04. The van der Waals surface area contributed by atoms with Crippen LogP contribution < -0.4 is 35.2 Å². The highest BCUT2D eigenvalue weighted by molar-refractivity contribution is 9.10. The van der Waals surface area contributed by atoms with Gasteiger partial charge in [-0.25, -0.2) is 0 Å². The monoisotopic (exact) mass is 470 g/mol. The lowest BCUT2D eigenvalue weighted by Gasteiger charge is -2.13. The first kappa shape index (κ1) is 24.9. The van der Waals surface area contributed by atoms with Crippen LogP contribution >= 0.6 is 15.9 Å². The average molecular weight is 471 g/mol. The first-order valence-electron chi connectivity index (χ1n) is 9.08. The third-order valence-corrected chi connectivity index (χ3v) is 4.75. The van der Waals surface area contributed by atoms with Crippen LogP contribution in [0.1, 0.15) is 11.1 Å². The molecule has 162 valence electrons. The van der Waals surface area contributed by atoms with Crippen molar-refractivity contribution < 1.29 is 23.7 Å². The zero-order chi connectivity index (χ0) is 21.8. The molecule has 0 heterocycles. The van der Waals surface area contributed by atoms with Crippen molar-refractivity contribution >= 4 is 15.9 Å². The fourth-order valence-corrected chi connectivity index (χ4v) is 3.21. The van der Waals surface area contributed by atoms with Crippen molar-refractivity contribution in [2.24, 2.45) is 11.5 Å². The predicted molar refractivity (Wildman–Crippen MR) is 119 cm³/mol. The second-order valence-electron chi connectivity index (χ2n) is 5.91. The normalized spacial score (nSPS) is 9.93. The van der Waals surface area contributed by atoms with Gasteiger partial charge in [-0.05, 0) is 77.3 Å². The summed E-state index contributed by atoms with van der Waals surface area (Å²) in [6, 6.07) is 7.65. The molecule has 0 bridgehead atoms. The Morgan fingerprint density at radius 2 is 1.17 bits per heavy atom. The van der Waals surface area contributed by atoms with Crippen LogP contribution in [0.3, 0.4) is 0 Å². The molecule has 29 heavy (non-hydrogen) atoms. The van der Waals surface area contributed by atoms with E-state index >= 15 is 0 Å². The van der Waals surface area contributed by atoms with Gasteiger partial charge in [0.05, 0.1) is 40.0 Å². The van der Waals surface area contributed by atoms with Gasteiger partial charge in [0.1, 0.15) is 11.5 Å². The van der Waals surface area contributed by atoms with Crippen molar-refractivity contribution in [2.45, 2.75) is 12.8 Å². The Labute approximate surface area is 181 Å². The van der Waals surface area contributed by atoms with Crippen molar-refractivity contribution in [1.29, 1.82) is 0 Å². The van der Waals surface area contributed by atoms with E-state index in [0.717, 1.165) is 39.9 Å². The molecule has 0 atom stereocenters. The summed E-state index contributed by atoms with van der Waals surface area (Å²) in [5, 5.41) is 0. The summed E-state index contributed by atoms with van der Waals surface area (Å²) in [5.41, 5.74) is 13.1. The summed E-state index contributed by atoms with van der Waals surface area (Å²) in [6.07, 6.45) is 1.57. The third-order valence-electron chi connectivity index (χ3n) is 4.13. The molecule has 0 saturated heterocycles. The average Bonchev–Trinajstić information content (AvgIpc) is 2.74. The number of hydrogen-bond acceptors (Lipinski definition) is 7. The van der Waals surface area contributed by atoms with E-state index in [0.29, 0.717) is 30.3 Å². The topological polar surface area (TPSA) is 98.2 Å². The van der Waals surface area contributed by atoms with Crippen molar-refractivity contribution in [3.05, 3.63) is 39.9 Å². The first-order valence-corrected chi connectivity index (χ1v) is 9.88. The summed E-state index contributed by atoms with van der Waals surface area (Å²) in [5.74, 6) is 3.58. The molecule has 0 unspecified atom stereocenters. The number of hydrogen-bond donors (Lipinski definition) is 2. The van der Waals surface area contributed by atoms with Crippen LogP contribution in [0.15, 0.2) is 28.7 Å². The second kappa shape index (κ2) is 13.1. The highest BCUT2D eigenvalue weighted by Gasteiger charge is 2.12. The number of halogens is 1. The zero-order valence-corrected chi connectivity index (χ0v) is 19.3. The summed E-state index contributed by atoms with van der Waals surface area (Å²) in [4.78, 5) is 0. The second-order valence-corrected chi connectivity index (χ2v) is 6.76. The lowest BCUT2D eigenvalue weighted by atomic mass is 10.1. The summed E-state index contributed by atoms with van der Waals surface area (Å²) in [6.45, 7) is 1.19. The van der Waals surface area contributed by atoms with E-state index in [2.05, 4.69) is 15.9 Å². The maximum absolute atomic E-state index is 5.51. The van der Waals surface area contributed by atoms with Gasteiger partial charge in [0.25, 0.3) is 0 Å². The van der Waals surface area contributed by atoms with Crippen molar-refractivity contribution in [2.75, 3.05) is 48.6 Å². The van der Waals surface area contributed by atoms with Crippen LogP contribution in [0.5, 0.6) is 28.7 Å². The minimum absolute atomic E-state index is 0.596. The molecule has 8 heteroatoms. The van der Waals surface area contributed by atoms with Gasteiger partial charge < -0.3 is 35.2 Å². The Balaban J connectivity index is 0.000000291. The Bertz CT molecular complexity index is 746. The summed E-state index contributed by atoms with van der Waals surface area (Å²) < 4.78 is 27.0. The SMILES string of the molecule is COc1cc(CCN)c(OC)cc1Br.COc1cc(CCN)cc(OC)c1OC. The van der Waals surface area contributed by atoms with Crippen LogP contribution in [0.4, 0.5) is 0 Å². The summed E-state index contributed by atoms with van der Waals surface area (Å²) in [7, 11) is 8.07. The van der Waals surface area contributed by atoms with E-state index in [4.69, 9.17) is 35.2 Å². The van der Waals surface area contributed by atoms with Crippen molar-refractivity contribution in [1.82, 2.24) is 0 Å². The van der Waals surface area contributed by atoms with Crippen molar-refractivity contribution in [3.8, 4) is 28.7 Å². The first-order chi connectivity index (χ1) is 14.0. The number of nitrogens with two attached hydrogens (primary N) is 2.